The Labute approximate surface area is 180 Å². The molecule has 1 aliphatic heterocycles. The molecule has 0 saturated carbocycles. The molecule has 0 radical (unpaired) electrons. The lowest BCUT2D eigenvalue weighted by molar-refractivity contribution is 0.201. The van der Waals surface area contributed by atoms with E-state index in [0.717, 1.165) is 18.8 Å². The Morgan fingerprint density at radius 1 is 0.862 bits per heavy atom. The summed E-state index contributed by atoms with van der Waals surface area (Å²) in [4.78, 5) is 0. The summed E-state index contributed by atoms with van der Waals surface area (Å²) >= 11 is 0. The molecule has 164 valence electrons. The average molecular weight is 401 g/mol. The molecule has 0 N–H and O–H groups in total. The van der Waals surface area contributed by atoms with Gasteiger partial charge in [0.05, 0.1) is 6.61 Å². The predicted octanol–water partition coefficient (Wildman–Crippen LogP) is 8.04. The van der Waals surface area contributed by atoms with Crippen LogP contribution in [0.15, 0.2) is 36.4 Å². The lowest BCUT2D eigenvalue weighted by Crippen LogP contribution is -2.17. The Kier molecular flexibility index (Phi) is 12.1. The molecule has 1 aromatic rings. The van der Waals surface area contributed by atoms with Crippen molar-refractivity contribution >= 4 is 0 Å². The van der Waals surface area contributed by atoms with Crippen LogP contribution in [0.1, 0.15) is 103 Å². The first-order chi connectivity index (χ1) is 14.2. The molecule has 1 aliphatic rings. The van der Waals surface area contributed by atoms with E-state index in [4.69, 9.17) is 9.47 Å². The molecule has 0 aromatic heterocycles. The van der Waals surface area contributed by atoms with Crippen molar-refractivity contribution in [1.82, 2.24) is 0 Å². The highest BCUT2D eigenvalue weighted by Crippen LogP contribution is 2.28. The number of allylic oxidation sites excluding steroid dienone is 2. The third-order valence-electron chi connectivity index (χ3n) is 5.85. The maximum atomic E-state index is 6.01. The Bertz CT molecular complexity index is 559. The number of epoxide rings is 1. The minimum absolute atomic E-state index is 0.0447. The van der Waals surface area contributed by atoms with Gasteiger partial charge in [-0.15, -0.1) is 0 Å². The topological polar surface area (TPSA) is 21.8 Å². The van der Waals surface area contributed by atoms with Crippen molar-refractivity contribution < 1.29 is 9.47 Å². The Morgan fingerprint density at radius 2 is 1.45 bits per heavy atom. The Hall–Kier alpha value is -1.28. The van der Waals surface area contributed by atoms with Gasteiger partial charge in [0.1, 0.15) is 18.0 Å². The van der Waals surface area contributed by atoms with E-state index in [2.05, 4.69) is 50.3 Å². The Morgan fingerprint density at radius 3 is 2.10 bits per heavy atom. The van der Waals surface area contributed by atoms with E-state index in [1.54, 1.807) is 0 Å². The van der Waals surface area contributed by atoms with Crippen molar-refractivity contribution in [3.8, 4) is 5.75 Å². The lowest BCUT2D eigenvalue weighted by atomic mass is 10.0. The minimum atomic E-state index is -0.0447. The first-order valence-corrected chi connectivity index (χ1v) is 12.2. The summed E-state index contributed by atoms with van der Waals surface area (Å²) in [6.45, 7) is 5.88. The van der Waals surface area contributed by atoms with Crippen molar-refractivity contribution in [2.75, 3.05) is 13.2 Å². The van der Waals surface area contributed by atoms with E-state index in [0.29, 0.717) is 6.61 Å². The highest BCUT2D eigenvalue weighted by atomic mass is 16.6. The molecule has 0 aliphatic carbocycles. The number of unbranched alkanes of at least 4 members (excludes halogenated alkanes) is 11. The van der Waals surface area contributed by atoms with Gasteiger partial charge in [-0.3, -0.25) is 0 Å². The van der Waals surface area contributed by atoms with Gasteiger partial charge in [0.15, 0.2) is 0 Å². The molecule has 2 heteroatoms. The second-order valence-electron chi connectivity index (χ2n) is 8.97. The number of benzene rings is 1. The summed E-state index contributed by atoms with van der Waals surface area (Å²) in [5.41, 5.74) is 1.30. The van der Waals surface area contributed by atoms with E-state index in [-0.39, 0.29) is 5.60 Å². The summed E-state index contributed by atoms with van der Waals surface area (Å²) in [7, 11) is 0. The molecular weight excluding hydrogens is 356 g/mol. The molecule has 2 rings (SSSR count). The summed E-state index contributed by atoms with van der Waals surface area (Å²) < 4.78 is 11.4. The van der Waals surface area contributed by atoms with Crippen LogP contribution < -0.4 is 4.74 Å². The summed E-state index contributed by atoms with van der Waals surface area (Å²) in [5.74, 6) is 1.04. The van der Waals surface area contributed by atoms with Gasteiger partial charge in [0.25, 0.3) is 0 Å². The van der Waals surface area contributed by atoms with Crippen LogP contribution in [0, 0.1) is 0 Å². The monoisotopic (exact) mass is 400 g/mol. The van der Waals surface area contributed by atoms with Gasteiger partial charge in [0.2, 0.25) is 0 Å². The second kappa shape index (κ2) is 14.7. The standard InChI is InChI=1S/C27H44O2/c1-3-4-5-6-7-8-9-10-11-12-13-14-15-16-17-20-25-21-18-19-22-26(25)28-23-27(2)24-29-27/h9-10,18-19,21-22H,3-8,11-17,20,23-24H2,1-2H3/b10-9+. The van der Waals surface area contributed by atoms with Crippen LogP contribution in [-0.4, -0.2) is 18.8 Å². The molecule has 1 unspecified atom stereocenters. The van der Waals surface area contributed by atoms with Gasteiger partial charge in [-0.1, -0.05) is 88.6 Å². The molecule has 1 fully saturated rings. The summed E-state index contributed by atoms with van der Waals surface area (Å²) in [5, 5.41) is 0. The Balaban J connectivity index is 1.42. The van der Waals surface area contributed by atoms with Gasteiger partial charge in [-0.25, -0.2) is 0 Å². The van der Waals surface area contributed by atoms with Crippen LogP contribution in [-0.2, 0) is 11.2 Å². The highest BCUT2D eigenvalue weighted by molar-refractivity contribution is 5.33. The molecule has 0 bridgehead atoms. The number of hydrogen-bond donors (Lipinski definition) is 0. The SMILES string of the molecule is CCCCCCC/C=C/CCCCCCCCc1ccccc1OCC1(C)CO1. The fourth-order valence-corrected chi connectivity index (χ4v) is 3.67. The van der Waals surface area contributed by atoms with Crippen LogP contribution in [0.2, 0.25) is 0 Å². The van der Waals surface area contributed by atoms with Gasteiger partial charge in [-0.2, -0.15) is 0 Å². The molecule has 1 saturated heterocycles. The van der Waals surface area contributed by atoms with Crippen molar-refractivity contribution in [2.24, 2.45) is 0 Å². The third kappa shape index (κ3) is 11.5. The van der Waals surface area contributed by atoms with Gasteiger partial charge in [-0.05, 0) is 57.1 Å². The lowest BCUT2D eigenvalue weighted by Gasteiger charge is -2.13. The molecule has 1 aromatic carbocycles. The number of para-hydroxylation sites is 1. The largest absolute Gasteiger partial charge is 0.490 e. The zero-order valence-electron chi connectivity index (χ0n) is 19.1. The first-order valence-electron chi connectivity index (χ1n) is 12.2. The quantitative estimate of drug-likeness (QED) is 0.141. The molecule has 1 heterocycles. The predicted molar refractivity (Wildman–Crippen MR) is 125 cm³/mol. The number of ether oxygens (including phenoxy) is 2. The number of aryl methyl sites for hydroxylation is 1. The minimum Gasteiger partial charge on any atom is -0.490 e. The van der Waals surface area contributed by atoms with Gasteiger partial charge < -0.3 is 9.47 Å². The van der Waals surface area contributed by atoms with E-state index < -0.39 is 0 Å². The maximum absolute atomic E-state index is 6.01. The van der Waals surface area contributed by atoms with Crippen molar-refractivity contribution in [3.63, 3.8) is 0 Å². The molecule has 29 heavy (non-hydrogen) atoms. The molecule has 1 atom stereocenters. The van der Waals surface area contributed by atoms with E-state index in [1.165, 1.54) is 89.0 Å². The zero-order valence-corrected chi connectivity index (χ0v) is 19.1. The van der Waals surface area contributed by atoms with Gasteiger partial charge >= 0.3 is 0 Å². The fourth-order valence-electron chi connectivity index (χ4n) is 3.67. The van der Waals surface area contributed by atoms with E-state index >= 15 is 0 Å². The fraction of sp³-hybridized carbons (Fsp3) is 0.704. The molecule has 2 nitrogen and oxygen atoms in total. The first kappa shape index (κ1) is 24.0. The van der Waals surface area contributed by atoms with Crippen molar-refractivity contribution in [2.45, 2.75) is 109 Å². The smallest absolute Gasteiger partial charge is 0.123 e. The van der Waals surface area contributed by atoms with Crippen molar-refractivity contribution in [3.05, 3.63) is 42.0 Å². The second-order valence-corrected chi connectivity index (χ2v) is 8.97. The number of rotatable bonds is 18. The number of hydrogen-bond acceptors (Lipinski definition) is 2. The van der Waals surface area contributed by atoms with Crippen LogP contribution in [0.25, 0.3) is 0 Å². The van der Waals surface area contributed by atoms with Gasteiger partial charge in [0, 0.05) is 0 Å². The molecule has 0 amide bonds. The third-order valence-corrected chi connectivity index (χ3v) is 5.85. The van der Waals surface area contributed by atoms with Crippen LogP contribution in [0.3, 0.4) is 0 Å². The molecule has 0 spiro atoms. The van der Waals surface area contributed by atoms with Crippen LogP contribution in [0.4, 0.5) is 0 Å². The normalized spacial score (nSPS) is 18.4. The summed E-state index contributed by atoms with van der Waals surface area (Å²) in [6.07, 6.45) is 23.4. The van der Waals surface area contributed by atoms with E-state index in [9.17, 15) is 0 Å². The zero-order chi connectivity index (χ0) is 20.6. The van der Waals surface area contributed by atoms with Crippen LogP contribution in [0.5, 0.6) is 5.75 Å². The average Bonchev–Trinajstić information content (AvgIpc) is 3.47. The van der Waals surface area contributed by atoms with Crippen LogP contribution >= 0.6 is 0 Å². The van der Waals surface area contributed by atoms with Crippen molar-refractivity contribution in [1.29, 1.82) is 0 Å². The molecular formula is C27H44O2. The highest BCUT2D eigenvalue weighted by Gasteiger charge is 2.40. The van der Waals surface area contributed by atoms with E-state index in [1.807, 2.05) is 0 Å². The maximum Gasteiger partial charge on any atom is 0.123 e. The summed E-state index contributed by atoms with van der Waals surface area (Å²) in [6, 6.07) is 8.49.